The van der Waals surface area contributed by atoms with Gasteiger partial charge in [0.25, 0.3) is 0 Å². The van der Waals surface area contributed by atoms with Gasteiger partial charge in [-0.1, -0.05) is 26.3 Å². The van der Waals surface area contributed by atoms with E-state index in [1.165, 1.54) is 421 Å². The highest BCUT2D eigenvalue weighted by atomic mass is 14.5. The molecule has 0 bridgehead atoms. The lowest BCUT2D eigenvalue weighted by atomic mass is 9.64. The van der Waals surface area contributed by atoms with Crippen LogP contribution < -0.4 is 0 Å². The zero-order chi connectivity index (χ0) is 101. The SMILES string of the molecule is CC1=C(c2c(C)c(C)c(-c3c(C)c(C)c(C)c(C)c3C)c(C)c2C)C(C)C(C)C(c2c3c(C)c(C)c(C)c(C)c3c(-c3c(C)c(C)c(C)c4c3-c3c(C)c(C)c(C)c(C)c3C4)c3c(C)c(C)c(C)c(C)c23)=C1C.CC1=C(c2c3c(C)c(C)c(C)c(C)c3c(-c3c(C)c(C)c(C)c4c3-c3c(C)c(C)c(C)c(C)c3C4)c3c(C)c(C)c(C)c(C)c23)C(C)C(c2c(C)c(C)c(C)c(C)c2C)C(C)=C1C. The summed E-state index contributed by atoms with van der Waals surface area (Å²) < 4.78 is 0. The number of hydrogen-bond acceptors (Lipinski definition) is 0. The highest BCUT2D eigenvalue weighted by Crippen LogP contribution is 2.64. The van der Waals surface area contributed by atoms with Crippen LogP contribution in [-0.4, -0.2) is 0 Å². The van der Waals surface area contributed by atoms with Crippen LogP contribution in [0.5, 0.6) is 0 Å². The molecule has 4 atom stereocenters. The van der Waals surface area contributed by atoms with Gasteiger partial charge in [-0.15, -0.1) is 0 Å². The predicted octanol–water partition coefficient (Wildman–Crippen LogP) is 38.8. The summed E-state index contributed by atoms with van der Waals surface area (Å²) in [6.45, 7) is 125. The van der Waals surface area contributed by atoms with E-state index >= 15 is 0 Å². The van der Waals surface area contributed by atoms with Crippen LogP contribution >= 0.6 is 0 Å². The van der Waals surface area contributed by atoms with Gasteiger partial charge in [-0.2, -0.15) is 0 Å². The standard InChI is InChI=1S/C73H88.C63H76/c1-30-32(3)42(13)60(43(14)33(30)4)61-50(21)52(23)62(53(24)51(61)22)63-54(25)56(27)64(57(28)55(63)26)72-66-45(16)35(6)37(8)47(18)68(66)73(69-48(19)38(9)36(7)46(17)67(69)72)70-49(20)39(10)41(12)59-29-58-40(11)31(2)34(5)44(15)65(58)71(59)70;1-26-28(3)39(14)52(40(15)29(26)4)53-41(16)36(11)42(17)54(49(53)24)62-56-44(19)31(6)33(8)46(21)58(56)63(59-47(22)34(9)32(7)45(20)57(59)62)60-48(23)35(10)38(13)51-25-50-37(12)27(2)30(5)43(18)55(50)61(51)60/h54,56H,29H2,1-28H3;49,53H,25H2,1-24H3. The first kappa shape index (κ1) is 98.9. The highest BCUT2D eigenvalue weighted by Gasteiger charge is 2.44. The molecule has 0 nitrogen and oxygen atoms in total. The summed E-state index contributed by atoms with van der Waals surface area (Å²) in [4.78, 5) is 0. The Kier molecular flexibility index (Phi) is 24.6. The molecule has 0 fully saturated rings. The Morgan fingerprint density at radius 1 is 0.125 bits per heavy atom. The minimum atomic E-state index is 0.265. The molecule has 136 heavy (non-hydrogen) atoms. The van der Waals surface area contributed by atoms with Crippen molar-refractivity contribution in [1.82, 2.24) is 0 Å². The molecule has 4 aliphatic carbocycles. The van der Waals surface area contributed by atoms with E-state index in [4.69, 9.17) is 0 Å². The van der Waals surface area contributed by atoms with Gasteiger partial charge >= 0.3 is 0 Å². The molecule has 0 aromatic heterocycles. The Labute approximate surface area is 823 Å². The number of rotatable bonds is 7. The van der Waals surface area contributed by atoms with Crippen LogP contribution in [0.2, 0.25) is 0 Å². The number of allylic oxidation sites excluding steroid dienone is 8. The molecule has 0 N–H and O–H groups in total. The van der Waals surface area contributed by atoms with Gasteiger partial charge in [-0.3, -0.25) is 0 Å². The van der Waals surface area contributed by atoms with Gasteiger partial charge in [-0.25, -0.2) is 0 Å². The minimum absolute atomic E-state index is 0.265. The average molecular weight is 1800 g/mol. The second-order valence-electron chi connectivity index (χ2n) is 45.3. The van der Waals surface area contributed by atoms with E-state index in [1.807, 2.05) is 0 Å². The van der Waals surface area contributed by atoms with E-state index in [9.17, 15) is 0 Å². The fourth-order valence-electron chi connectivity index (χ4n) is 28.5. The molecule has 0 radical (unpaired) electrons. The summed E-state index contributed by atoms with van der Waals surface area (Å²) in [7, 11) is 0. The summed E-state index contributed by atoms with van der Waals surface area (Å²) in [6.07, 6.45) is 2.00. The van der Waals surface area contributed by atoms with E-state index in [2.05, 4.69) is 360 Å². The van der Waals surface area contributed by atoms with Gasteiger partial charge in [0.1, 0.15) is 0 Å². The van der Waals surface area contributed by atoms with Crippen LogP contribution in [0, 0.1) is 322 Å². The minimum Gasteiger partial charge on any atom is -0.0620 e. The molecule has 708 valence electrons. The van der Waals surface area contributed by atoms with E-state index in [1.54, 1.807) is 11.1 Å². The molecule has 4 aliphatic rings. The van der Waals surface area contributed by atoms with Crippen molar-refractivity contribution < 1.29 is 0 Å². The van der Waals surface area contributed by atoms with Crippen molar-refractivity contribution in [3.05, 3.63) is 317 Å². The maximum Gasteiger partial charge on any atom is 0.0123 e. The Morgan fingerprint density at radius 3 is 0.566 bits per heavy atom. The van der Waals surface area contributed by atoms with Gasteiger partial charge < -0.3 is 0 Å². The van der Waals surface area contributed by atoms with Crippen LogP contribution in [0.1, 0.15) is 351 Å². The topological polar surface area (TPSA) is 0 Å². The van der Waals surface area contributed by atoms with Gasteiger partial charge in [0.2, 0.25) is 0 Å². The smallest absolute Gasteiger partial charge is 0.0123 e. The Hall–Kier alpha value is -10.1. The van der Waals surface area contributed by atoms with Crippen LogP contribution in [0.4, 0.5) is 0 Å². The second-order valence-corrected chi connectivity index (χ2v) is 45.3. The van der Waals surface area contributed by atoms with Crippen molar-refractivity contribution in [3.8, 4) is 55.6 Å². The molecule has 13 aromatic carbocycles. The molecular weight excluding hydrogens is 1630 g/mol. The quantitative estimate of drug-likeness (QED) is 0.140. The Morgan fingerprint density at radius 2 is 0.294 bits per heavy atom. The van der Waals surface area contributed by atoms with Crippen LogP contribution in [0.3, 0.4) is 0 Å². The molecule has 13 aromatic rings. The molecular formula is C136H164. The maximum absolute atomic E-state index is 2.58. The summed E-state index contributed by atoms with van der Waals surface area (Å²) in [5, 5.41) is 11.7. The third-order valence-corrected chi connectivity index (χ3v) is 41.2. The molecule has 0 aliphatic heterocycles. The molecule has 0 heterocycles. The largest absolute Gasteiger partial charge is 0.0620 e. The Bertz CT molecular complexity index is 7670. The number of fused-ring (bicyclic) bond motifs is 10. The van der Waals surface area contributed by atoms with Crippen molar-refractivity contribution in [2.45, 2.75) is 379 Å². The van der Waals surface area contributed by atoms with Crippen molar-refractivity contribution in [2.24, 2.45) is 17.8 Å². The third-order valence-electron chi connectivity index (χ3n) is 41.2. The second kappa shape index (κ2) is 33.9. The highest BCUT2D eigenvalue weighted by molar-refractivity contribution is 6.27. The van der Waals surface area contributed by atoms with E-state index in [0.717, 1.165) is 12.8 Å². The summed E-state index contributed by atoms with van der Waals surface area (Å²) in [5.41, 5.74) is 102. The van der Waals surface area contributed by atoms with Crippen LogP contribution in [-0.2, 0) is 12.8 Å². The first-order valence-corrected chi connectivity index (χ1v) is 51.8. The van der Waals surface area contributed by atoms with E-state index < -0.39 is 0 Å². The zero-order valence-electron chi connectivity index (χ0n) is 94.7. The monoisotopic (exact) mass is 1800 g/mol. The fourth-order valence-corrected chi connectivity index (χ4v) is 28.5. The predicted molar refractivity (Wildman–Crippen MR) is 603 cm³/mol. The van der Waals surface area contributed by atoms with Crippen molar-refractivity contribution in [3.63, 3.8) is 0 Å². The van der Waals surface area contributed by atoms with E-state index in [0.29, 0.717) is 5.92 Å². The Balaban J connectivity index is 0.000000199. The van der Waals surface area contributed by atoms with Crippen LogP contribution in [0.25, 0.3) is 115 Å². The van der Waals surface area contributed by atoms with Gasteiger partial charge in [0.05, 0.1) is 0 Å². The van der Waals surface area contributed by atoms with E-state index in [-0.39, 0.29) is 17.8 Å². The lowest BCUT2D eigenvalue weighted by Gasteiger charge is -2.39. The summed E-state index contributed by atoms with van der Waals surface area (Å²) >= 11 is 0. The molecule has 0 saturated heterocycles. The normalized spacial score (nSPS) is 16.1. The molecule has 0 spiro atoms. The first-order chi connectivity index (χ1) is 63.3. The number of aryl methyl sites for hydroxylation is 8. The van der Waals surface area contributed by atoms with Gasteiger partial charge in [0, 0.05) is 5.92 Å². The summed E-state index contributed by atoms with van der Waals surface area (Å²) in [5.74, 6) is 1.11. The fraction of sp³-hybridized carbons (Fsp3) is 0.426. The number of hydrogen-bond donors (Lipinski definition) is 0. The van der Waals surface area contributed by atoms with Crippen molar-refractivity contribution in [2.75, 3.05) is 0 Å². The van der Waals surface area contributed by atoms with Crippen LogP contribution in [0.15, 0.2) is 27.9 Å². The average Bonchev–Trinajstić information content (AvgIpc) is 0.973. The lowest BCUT2D eigenvalue weighted by molar-refractivity contribution is 0.577. The molecule has 0 heteroatoms. The number of benzene rings is 13. The maximum atomic E-state index is 2.58. The molecule has 0 saturated carbocycles. The van der Waals surface area contributed by atoms with Gasteiger partial charge in [-0.05, 0) is 797 Å². The zero-order valence-corrected chi connectivity index (χ0v) is 94.7. The molecule has 0 amide bonds. The third kappa shape index (κ3) is 13.1. The molecule has 4 unspecified atom stereocenters. The lowest BCUT2D eigenvalue weighted by Crippen LogP contribution is -2.23. The summed E-state index contributed by atoms with van der Waals surface area (Å²) in [6, 6.07) is 0. The van der Waals surface area contributed by atoms with Gasteiger partial charge in [0.15, 0.2) is 0 Å². The molecule has 17 rings (SSSR count). The van der Waals surface area contributed by atoms with Crippen molar-refractivity contribution in [1.29, 1.82) is 0 Å². The first-order valence-electron chi connectivity index (χ1n) is 51.8. The van der Waals surface area contributed by atoms with Crippen molar-refractivity contribution >= 4 is 59.8 Å².